The molecule has 4 rings (SSSR count). The second-order valence-corrected chi connectivity index (χ2v) is 7.66. The minimum absolute atomic E-state index is 0.293. The highest BCUT2D eigenvalue weighted by Gasteiger charge is 2.43. The summed E-state index contributed by atoms with van der Waals surface area (Å²) in [5.74, 6) is 0.901. The molecule has 5 heteroatoms. The zero-order valence-corrected chi connectivity index (χ0v) is 15.2. The quantitative estimate of drug-likeness (QED) is 0.843. The normalized spacial score (nSPS) is 25.3. The molecule has 0 unspecified atom stereocenters. The predicted octanol–water partition coefficient (Wildman–Crippen LogP) is 2.95. The molecule has 1 aromatic rings. The van der Waals surface area contributed by atoms with Crippen LogP contribution in [0.5, 0.6) is 5.75 Å². The lowest BCUT2D eigenvalue weighted by molar-refractivity contribution is 0.116. The number of nitrogens with zero attached hydrogens (tertiary/aromatic N) is 3. The number of hydrogen-bond acceptors (Lipinski definition) is 3. The molecule has 1 aromatic carbocycles. The monoisotopic (exact) mass is 343 g/mol. The highest BCUT2D eigenvalue weighted by Crippen LogP contribution is 2.29. The number of urea groups is 1. The van der Waals surface area contributed by atoms with Crippen molar-refractivity contribution in [3.8, 4) is 5.75 Å². The van der Waals surface area contributed by atoms with Crippen LogP contribution in [0.2, 0.25) is 0 Å². The van der Waals surface area contributed by atoms with Gasteiger partial charge in [-0.15, -0.1) is 0 Å². The highest BCUT2D eigenvalue weighted by atomic mass is 16.5. The molecule has 136 valence electrons. The van der Waals surface area contributed by atoms with Crippen LogP contribution in [0.3, 0.4) is 0 Å². The molecule has 1 aliphatic carbocycles. The molecule has 2 amide bonds. The van der Waals surface area contributed by atoms with Gasteiger partial charge in [0, 0.05) is 38.8 Å². The number of carbonyl (C=O) groups excluding carboxylic acids is 1. The van der Waals surface area contributed by atoms with Gasteiger partial charge in [0.2, 0.25) is 0 Å². The Morgan fingerprint density at radius 1 is 0.960 bits per heavy atom. The summed E-state index contributed by atoms with van der Waals surface area (Å²) in [6.07, 6.45) is 6.29. The van der Waals surface area contributed by atoms with Gasteiger partial charge in [-0.1, -0.05) is 31.4 Å². The standard InChI is InChI=1S/C20H29N3O2/c1-25-19-9-7-16(8-10-19)13-21-11-12-22-18(14-21)15-23(20(22)24)17-5-3-2-4-6-17/h7-10,17-18H,2-6,11-15H2,1H3/t18-/m1/s1. The summed E-state index contributed by atoms with van der Waals surface area (Å²) in [6.45, 7) is 4.69. The van der Waals surface area contributed by atoms with Crippen molar-refractivity contribution in [3.05, 3.63) is 29.8 Å². The van der Waals surface area contributed by atoms with Crippen LogP contribution >= 0.6 is 0 Å². The number of rotatable bonds is 4. The van der Waals surface area contributed by atoms with Crippen molar-refractivity contribution in [2.75, 3.05) is 33.3 Å². The lowest BCUT2D eigenvalue weighted by Gasteiger charge is -2.36. The zero-order chi connectivity index (χ0) is 17.2. The molecule has 3 aliphatic rings. The molecule has 2 heterocycles. The van der Waals surface area contributed by atoms with Gasteiger partial charge in [0.1, 0.15) is 5.75 Å². The number of hydrogen-bond donors (Lipinski definition) is 0. The number of benzene rings is 1. The highest BCUT2D eigenvalue weighted by molar-refractivity contribution is 5.77. The van der Waals surface area contributed by atoms with E-state index in [1.54, 1.807) is 7.11 Å². The van der Waals surface area contributed by atoms with E-state index in [4.69, 9.17) is 4.74 Å². The number of methoxy groups -OCH3 is 1. The molecule has 2 saturated heterocycles. The third-order valence-corrected chi connectivity index (χ3v) is 6.05. The van der Waals surface area contributed by atoms with Gasteiger partial charge in [-0.05, 0) is 30.5 Å². The number of ether oxygens (including phenoxy) is 1. The van der Waals surface area contributed by atoms with Crippen molar-refractivity contribution in [1.82, 2.24) is 14.7 Å². The molecule has 25 heavy (non-hydrogen) atoms. The molecule has 1 atom stereocenters. The van der Waals surface area contributed by atoms with Gasteiger partial charge in [-0.25, -0.2) is 4.79 Å². The fraction of sp³-hybridized carbons (Fsp3) is 0.650. The Kier molecular flexibility index (Phi) is 4.84. The maximum absolute atomic E-state index is 12.8. The first-order valence-corrected chi connectivity index (χ1v) is 9.67. The van der Waals surface area contributed by atoms with E-state index in [1.807, 2.05) is 12.1 Å². The molecule has 0 radical (unpaired) electrons. The molecule has 5 nitrogen and oxygen atoms in total. The first-order valence-electron chi connectivity index (χ1n) is 9.67. The van der Waals surface area contributed by atoms with Crippen molar-refractivity contribution in [1.29, 1.82) is 0 Å². The van der Waals surface area contributed by atoms with Crippen LogP contribution in [0, 0.1) is 0 Å². The Hall–Kier alpha value is -1.75. The lowest BCUT2D eigenvalue weighted by atomic mass is 9.94. The minimum Gasteiger partial charge on any atom is -0.497 e. The van der Waals surface area contributed by atoms with Crippen LogP contribution in [-0.2, 0) is 6.54 Å². The van der Waals surface area contributed by atoms with Gasteiger partial charge >= 0.3 is 6.03 Å². The summed E-state index contributed by atoms with van der Waals surface area (Å²) in [5, 5.41) is 0. The van der Waals surface area contributed by atoms with Gasteiger partial charge in [0.15, 0.2) is 0 Å². The van der Waals surface area contributed by atoms with E-state index in [2.05, 4.69) is 26.8 Å². The van der Waals surface area contributed by atoms with Crippen molar-refractivity contribution < 1.29 is 9.53 Å². The molecule has 0 N–H and O–H groups in total. The summed E-state index contributed by atoms with van der Waals surface area (Å²) in [7, 11) is 1.70. The average Bonchev–Trinajstić information content (AvgIpc) is 2.99. The van der Waals surface area contributed by atoms with Crippen LogP contribution in [0.1, 0.15) is 37.7 Å². The van der Waals surface area contributed by atoms with E-state index >= 15 is 0 Å². The molecule has 3 fully saturated rings. The maximum atomic E-state index is 12.8. The predicted molar refractivity (Wildman–Crippen MR) is 97.7 cm³/mol. The van der Waals surface area contributed by atoms with Crippen LogP contribution in [0.15, 0.2) is 24.3 Å². The van der Waals surface area contributed by atoms with Gasteiger partial charge < -0.3 is 14.5 Å². The van der Waals surface area contributed by atoms with Crippen molar-refractivity contribution in [3.63, 3.8) is 0 Å². The van der Waals surface area contributed by atoms with E-state index < -0.39 is 0 Å². The number of piperazine rings is 1. The SMILES string of the molecule is COc1ccc(CN2CCN3C(=O)N(C4CCCCC4)C[C@H]3C2)cc1. The Balaban J connectivity index is 1.36. The molecule has 1 saturated carbocycles. The summed E-state index contributed by atoms with van der Waals surface area (Å²) in [4.78, 5) is 19.6. The molecule has 0 aromatic heterocycles. The fourth-order valence-corrected chi connectivity index (χ4v) is 4.63. The first-order chi connectivity index (χ1) is 12.2. The topological polar surface area (TPSA) is 36.0 Å². The van der Waals surface area contributed by atoms with E-state index in [0.717, 1.165) is 38.5 Å². The molecule has 2 aliphatic heterocycles. The van der Waals surface area contributed by atoms with Gasteiger partial charge in [-0.2, -0.15) is 0 Å². The lowest BCUT2D eigenvalue weighted by Crippen LogP contribution is -2.51. The van der Waals surface area contributed by atoms with Crippen molar-refractivity contribution in [2.45, 2.75) is 50.7 Å². The summed E-state index contributed by atoms with van der Waals surface area (Å²) in [5.41, 5.74) is 1.31. The summed E-state index contributed by atoms with van der Waals surface area (Å²) < 4.78 is 5.23. The first kappa shape index (κ1) is 16.7. The van der Waals surface area contributed by atoms with Crippen LogP contribution < -0.4 is 4.74 Å². The van der Waals surface area contributed by atoms with E-state index in [1.165, 1.54) is 37.7 Å². The Bertz CT molecular complexity index is 597. The van der Waals surface area contributed by atoms with Gasteiger partial charge in [0.25, 0.3) is 0 Å². The van der Waals surface area contributed by atoms with Crippen molar-refractivity contribution in [2.24, 2.45) is 0 Å². The summed E-state index contributed by atoms with van der Waals surface area (Å²) >= 11 is 0. The second kappa shape index (κ2) is 7.24. The number of fused-ring (bicyclic) bond motifs is 1. The molecular weight excluding hydrogens is 314 g/mol. The van der Waals surface area contributed by atoms with Crippen LogP contribution in [0.25, 0.3) is 0 Å². The van der Waals surface area contributed by atoms with E-state index in [9.17, 15) is 4.79 Å². The number of amides is 2. The van der Waals surface area contributed by atoms with E-state index in [0.29, 0.717) is 18.1 Å². The zero-order valence-electron chi connectivity index (χ0n) is 15.2. The fourth-order valence-electron chi connectivity index (χ4n) is 4.63. The number of carbonyl (C=O) groups is 1. The van der Waals surface area contributed by atoms with Crippen LogP contribution in [0.4, 0.5) is 4.79 Å². The Labute approximate surface area is 150 Å². The second-order valence-electron chi connectivity index (χ2n) is 7.66. The minimum atomic E-state index is 0.293. The Morgan fingerprint density at radius 2 is 1.72 bits per heavy atom. The summed E-state index contributed by atoms with van der Waals surface area (Å²) in [6, 6.07) is 9.47. The average molecular weight is 343 g/mol. The van der Waals surface area contributed by atoms with Gasteiger partial charge in [-0.3, -0.25) is 4.90 Å². The maximum Gasteiger partial charge on any atom is 0.320 e. The smallest absolute Gasteiger partial charge is 0.320 e. The Morgan fingerprint density at radius 3 is 2.44 bits per heavy atom. The molecule has 0 spiro atoms. The third-order valence-electron chi connectivity index (χ3n) is 6.05. The van der Waals surface area contributed by atoms with Crippen molar-refractivity contribution >= 4 is 6.03 Å². The van der Waals surface area contributed by atoms with Crippen LogP contribution in [-0.4, -0.2) is 66.1 Å². The van der Waals surface area contributed by atoms with E-state index in [-0.39, 0.29) is 0 Å². The van der Waals surface area contributed by atoms with Gasteiger partial charge in [0.05, 0.1) is 13.2 Å². The molecular formula is C20H29N3O2. The largest absolute Gasteiger partial charge is 0.497 e. The molecule has 0 bridgehead atoms. The third kappa shape index (κ3) is 3.47.